The third-order valence-electron chi connectivity index (χ3n) is 0.920. The van der Waals surface area contributed by atoms with Gasteiger partial charge in [-0.05, 0) is 6.42 Å². The zero-order valence-corrected chi connectivity index (χ0v) is 7.31. The molecular weight excluding hydrogens is 149 g/mol. The molecule has 56 valence electrons. The Hall–Kier alpha value is 0.467. The molecule has 0 saturated carbocycles. The average Bonchev–Trinajstić information content (AvgIpc) is 1.64. The summed E-state index contributed by atoms with van der Waals surface area (Å²) in [6, 6.07) is 0. The van der Waals surface area contributed by atoms with Crippen LogP contribution < -0.4 is 18.9 Å². The molecule has 0 N–H and O–H groups in total. The molecule has 0 aliphatic heterocycles. The summed E-state index contributed by atoms with van der Waals surface area (Å²) < 4.78 is 31.1. The average molecular weight is 159 g/mol. The van der Waals surface area contributed by atoms with Crippen molar-refractivity contribution in [3.63, 3.8) is 0 Å². The summed E-state index contributed by atoms with van der Waals surface area (Å²) in [6.07, 6.45) is 0.665. The molecule has 0 radical (unpaired) electrons. The van der Waals surface area contributed by atoms with Crippen LogP contribution in [0.5, 0.6) is 0 Å². The van der Waals surface area contributed by atoms with Crippen molar-refractivity contribution in [1.82, 2.24) is 4.31 Å². The van der Waals surface area contributed by atoms with Crippen LogP contribution in [0.2, 0.25) is 0 Å². The quantitative estimate of drug-likeness (QED) is 0.322. The molecule has 0 aromatic carbocycles. The normalized spacial score (nSPS) is 11.2. The van der Waals surface area contributed by atoms with Crippen LogP contribution in [0.3, 0.4) is 0 Å². The minimum absolute atomic E-state index is 0. The molecular formula is C4H10LiNO3S. The van der Waals surface area contributed by atoms with Gasteiger partial charge in [-0.25, -0.2) is 12.7 Å². The third-order valence-corrected chi connectivity index (χ3v) is 1.87. The van der Waals surface area contributed by atoms with E-state index in [9.17, 15) is 13.0 Å². The van der Waals surface area contributed by atoms with Crippen molar-refractivity contribution in [3.8, 4) is 0 Å². The van der Waals surface area contributed by atoms with Crippen LogP contribution in [0.25, 0.3) is 0 Å². The van der Waals surface area contributed by atoms with E-state index < -0.39 is 10.3 Å². The maximum Gasteiger partial charge on any atom is 1.00 e. The molecule has 0 aliphatic rings. The van der Waals surface area contributed by atoms with Crippen molar-refractivity contribution in [2.75, 3.05) is 13.6 Å². The van der Waals surface area contributed by atoms with Crippen LogP contribution in [-0.4, -0.2) is 30.9 Å². The topological polar surface area (TPSA) is 60.4 Å². The molecule has 0 unspecified atom stereocenters. The van der Waals surface area contributed by atoms with Gasteiger partial charge in [-0.3, -0.25) is 0 Å². The molecule has 6 heteroatoms. The zero-order valence-electron chi connectivity index (χ0n) is 6.49. The Morgan fingerprint density at radius 1 is 1.50 bits per heavy atom. The number of hydrogen-bond acceptors (Lipinski definition) is 3. The number of rotatable bonds is 3. The van der Waals surface area contributed by atoms with Gasteiger partial charge in [0.15, 0.2) is 10.3 Å². The predicted octanol–water partition coefficient (Wildman–Crippen LogP) is -3.21. The van der Waals surface area contributed by atoms with Gasteiger partial charge in [-0.1, -0.05) is 6.92 Å². The van der Waals surface area contributed by atoms with Gasteiger partial charge < -0.3 is 4.55 Å². The fraction of sp³-hybridized carbons (Fsp3) is 1.00. The molecule has 0 fully saturated rings. The summed E-state index contributed by atoms with van der Waals surface area (Å²) >= 11 is 0. The van der Waals surface area contributed by atoms with Gasteiger partial charge in [-0.2, -0.15) is 0 Å². The molecule has 4 nitrogen and oxygen atoms in total. The maximum absolute atomic E-state index is 10.1. The van der Waals surface area contributed by atoms with Crippen molar-refractivity contribution in [2.24, 2.45) is 0 Å². The van der Waals surface area contributed by atoms with Gasteiger partial charge in [0.1, 0.15) is 0 Å². The second-order valence-corrected chi connectivity index (χ2v) is 3.26. The van der Waals surface area contributed by atoms with Crippen molar-refractivity contribution in [3.05, 3.63) is 0 Å². The van der Waals surface area contributed by atoms with Crippen LogP contribution in [0.1, 0.15) is 13.3 Å². The second-order valence-electron chi connectivity index (χ2n) is 1.78. The predicted molar refractivity (Wildman–Crippen MR) is 32.6 cm³/mol. The Bertz CT molecular complexity index is 167. The summed E-state index contributed by atoms with van der Waals surface area (Å²) in [5.74, 6) is 0. The first-order valence-electron chi connectivity index (χ1n) is 2.65. The number of hydrogen-bond donors (Lipinski definition) is 0. The van der Waals surface area contributed by atoms with Gasteiger partial charge in [0, 0.05) is 13.6 Å². The van der Waals surface area contributed by atoms with Gasteiger partial charge >= 0.3 is 18.9 Å². The van der Waals surface area contributed by atoms with Crippen LogP contribution in [0, 0.1) is 0 Å². The van der Waals surface area contributed by atoms with E-state index >= 15 is 0 Å². The zero-order chi connectivity index (χ0) is 7.49. The van der Waals surface area contributed by atoms with E-state index in [2.05, 4.69) is 0 Å². The van der Waals surface area contributed by atoms with Crippen LogP contribution >= 0.6 is 0 Å². The van der Waals surface area contributed by atoms with E-state index in [-0.39, 0.29) is 18.9 Å². The Morgan fingerprint density at radius 2 is 1.90 bits per heavy atom. The van der Waals surface area contributed by atoms with Crippen LogP contribution in [-0.2, 0) is 10.3 Å². The Balaban J connectivity index is 0. The molecule has 0 amide bonds. The smallest absolute Gasteiger partial charge is 0.735 e. The van der Waals surface area contributed by atoms with Crippen molar-refractivity contribution < 1.29 is 31.8 Å². The first-order valence-corrected chi connectivity index (χ1v) is 4.02. The monoisotopic (exact) mass is 159 g/mol. The molecule has 0 rings (SSSR count). The second kappa shape index (κ2) is 5.16. The standard InChI is InChI=1S/C4H11NO3S.Li/c1-3-4-5(2)9(6,7)8;/h3-4H2,1-2H3,(H,6,7,8);/q;+1/p-1. The Morgan fingerprint density at radius 3 is 2.00 bits per heavy atom. The van der Waals surface area contributed by atoms with Crippen molar-refractivity contribution in [1.29, 1.82) is 0 Å². The minimum Gasteiger partial charge on any atom is -0.735 e. The molecule has 0 aliphatic carbocycles. The largest absolute Gasteiger partial charge is 1.00 e. The fourth-order valence-corrected chi connectivity index (χ4v) is 0.833. The Kier molecular flexibility index (Phi) is 6.75. The summed E-state index contributed by atoms with van der Waals surface area (Å²) in [6.45, 7) is 2.10. The van der Waals surface area contributed by atoms with Gasteiger partial charge in [-0.15, -0.1) is 0 Å². The van der Waals surface area contributed by atoms with E-state index in [1.165, 1.54) is 7.05 Å². The van der Waals surface area contributed by atoms with Crippen LogP contribution in [0.15, 0.2) is 0 Å². The van der Waals surface area contributed by atoms with Gasteiger partial charge in [0.2, 0.25) is 0 Å². The van der Waals surface area contributed by atoms with Gasteiger partial charge in [0.25, 0.3) is 0 Å². The molecule has 0 bridgehead atoms. The van der Waals surface area contributed by atoms with Crippen molar-refractivity contribution >= 4 is 10.3 Å². The summed E-state index contributed by atoms with van der Waals surface area (Å²) in [7, 11) is -2.91. The maximum atomic E-state index is 10.1. The molecule has 10 heavy (non-hydrogen) atoms. The van der Waals surface area contributed by atoms with E-state index in [1.54, 1.807) is 0 Å². The molecule has 0 saturated heterocycles. The minimum atomic E-state index is -4.18. The van der Waals surface area contributed by atoms with E-state index in [1.807, 2.05) is 6.92 Å². The summed E-state index contributed by atoms with van der Waals surface area (Å²) in [5, 5.41) is 0. The van der Waals surface area contributed by atoms with Crippen LogP contribution in [0.4, 0.5) is 0 Å². The Labute approximate surface area is 73.7 Å². The van der Waals surface area contributed by atoms with Gasteiger partial charge in [0.05, 0.1) is 0 Å². The third kappa shape index (κ3) is 5.27. The first kappa shape index (κ1) is 13.1. The van der Waals surface area contributed by atoms with E-state index in [0.717, 1.165) is 4.31 Å². The van der Waals surface area contributed by atoms with E-state index in [4.69, 9.17) is 0 Å². The van der Waals surface area contributed by atoms with E-state index in [0.29, 0.717) is 13.0 Å². The summed E-state index contributed by atoms with van der Waals surface area (Å²) in [4.78, 5) is 0. The molecule has 0 heterocycles. The number of nitrogens with zero attached hydrogens (tertiary/aromatic N) is 1. The van der Waals surface area contributed by atoms with Crippen molar-refractivity contribution in [2.45, 2.75) is 13.3 Å². The molecule has 0 aromatic heterocycles. The first-order chi connectivity index (χ1) is 3.98. The molecule has 0 spiro atoms. The SMILES string of the molecule is CCCN(C)S(=O)(=O)[O-].[Li+]. The molecule has 0 aromatic rings. The fourth-order valence-electron chi connectivity index (χ4n) is 0.427. The summed E-state index contributed by atoms with van der Waals surface area (Å²) in [5.41, 5.74) is 0. The molecule has 0 atom stereocenters.